The van der Waals surface area contributed by atoms with Crippen molar-refractivity contribution in [1.29, 1.82) is 0 Å². The lowest BCUT2D eigenvalue weighted by Crippen LogP contribution is -2.38. The van der Waals surface area contributed by atoms with Crippen LogP contribution in [0.3, 0.4) is 0 Å². The summed E-state index contributed by atoms with van der Waals surface area (Å²) in [4.78, 5) is 12.6. The van der Waals surface area contributed by atoms with E-state index in [1.807, 2.05) is 0 Å². The van der Waals surface area contributed by atoms with Crippen LogP contribution in [0.4, 0.5) is 15.8 Å². The average Bonchev–Trinajstić information content (AvgIpc) is 2.74. The second kappa shape index (κ2) is 9.27. The Labute approximate surface area is 182 Å². The van der Waals surface area contributed by atoms with Gasteiger partial charge in [0.25, 0.3) is 10.0 Å². The molecule has 0 spiro atoms. The second-order valence-electron chi connectivity index (χ2n) is 6.20. The number of benzene rings is 3. The Morgan fingerprint density at radius 1 is 1.07 bits per heavy atom. The van der Waals surface area contributed by atoms with Gasteiger partial charge in [-0.05, 0) is 54.6 Å². The SMILES string of the molecule is COc1ccc(S(=O)(=O)N(CC(=O)Nc2ccc(Br)cc2F)c2ccccc2)cc1. The zero-order valence-electron chi connectivity index (χ0n) is 15.9. The quantitative estimate of drug-likeness (QED) is 0.529. The minimum absolute atomic E-state index is 0.00484. The van der Waals surface area contributed by atoms with E-state index >= 15 is 0 Å². The lowest BCUT2D eigenvalue weighted by atomic mass is 10.3. The second-order valence-corrected chi connectivity index (χ2v) is 8.97. The van der Waals surface area contributed by atoms with Gasteiger partial charge in [0, 0.05) is 4.47 Å². The molecule has 3 rings (SSSR count). The molecule has 3 aromatic carbocycles. The topological polar surface area (TPSA) is 75.7 Å². The van der Waals surface area contributed by atoms with Crippen LogP contribution in [0.5, 0.6) is 5.75 Å². The number of nitrogens with zero attached hydrogens (tertiary/aromatic N) is 1. The summed E-state index contributed by atoms with van der Waals surface area (Å²) < 4.78 is 47.1. The van der Waals surface area contributed by atoms with Gasteiger partial charge in [0.15, 0.2) is 0 Å². The molecule has 0 atom stereocenters. The highest BCUT2D eigenvalue weighted by atomic mass is 79.9. The van der Waals surface area contributed by atoms with Gasteiger partial charge in [-0.15, -0.1) is 0 Å². The molecule has 0 aliphatic heterocycles. The van der Waals surface area contributed by atoms with E-state index in [1.165, 1.54) is 43.5 Å². The van der Waals surface area contributed by atoms with E-state index in [0.717, 1.165) is 4.31 Å². The number of carbonyl (C=O) groups excluding carboxylic acids is 1. The van der Waals surface area contributed by atoms with Crippen molar-refractivity contribution in [2.75, 3.05) is 23.3 Å². The maximum atomic E-state index is 14.1. The van der Waals surface area contributed by atoms with Gasteiger partial charge in [-0.25, -0.2) is 12.8 Å². The Balaban J connectivity index is 1.91. The van der Waals surface area contributed by atoms with Crippen LogP contribution in [0.15, 0.2) is 82.2 Å². The third-order valence-corrected chi connectivity index (χ3v) is 6.47. The summed E-state index contributed by atoms with van der Waals surface area (Å²) in [5.41, 5.74) is 0.262. The molecule has 1 amide bonds. The summed E-state index contributed by atoms with van der Waals surface area (Å²) in [6.07, 6.45) is 0. The summed E-state index contributed by atoms with van der Waals surface area (Å²) >= 11 is 3.15. The lowest BCUT2D eigenvalue weighted by molar-refractivity contribution is -0.114. The molecule has 0 aliphatic rings. The number of hydrogen-bond acceptors (Lipinski definition) is 4. The first-order chi connectivity index (χ1) is 14.3. The van der Waals surface area contributed by atoms with E-state index in [0.29, 0.717) is 15.9 Å². The van der Waals surface area contributed by atoms with Gasteiger partial charge >= 0.3 is 0 Å². The van der Waals surface area contributed by atoms with Crippen molar-refractivity contribution in [2.45, 2.75) is 4.90 Å². The molecule has 156 valence electrons. The minimum Gasteiger partial charge on any atom is -0.497 e. The van der Waals surface area contributed by atoms with Gasteiger partial charge in [-0.3, -0.25) is 9.10 Å². The zero-order valence-corrected chi connectivity index (χ0v) is 18.3. The molecule has 0 fully saturated rings. The van der Waals surface area contributed by atoms with E-state index in [-0.39, 0.29) is 10.6 Å². The fraction of sp³-hybridized carbons (Fsp3) is 0.0952. The normalized spacial score (nSPS) is 11.0. The molecule has 30 heavy (non-hydrogen) atoms. The van der Waals surface area contributed by atoms with Crippen molar-refractivity contribution >= 4 is 43.2 Å². The van der Waals surface area contributed by atoms with Gasteiger partial charge in [-0.1, -0.05) is 34.1 Å². The largest absolute Gasteiger partial charge is 0.497 e. The molecule has 3 aromatic rings. The van der Waals surface area contributed by atoms with E-state index < -0.39 is 28.3 Å². The number of halogens is 2. The smallest absolute Gasteiger partial charge is 0.264 e. The number of amides is 1. The van der Waals surface area contributed by atoms with E-state index in [1.54, 1.807) is 36.4 Å². The van der Waals surface area contributed by atoms with Crippen molar-refractivity contribution < 1.29 is 22.3 Å². The molecule has 1 N–H and O–H groups in total. The Kier molecular flexibility index (Phi) is 6.73. The predicted octanol–water partition coefficient (Wildman–Crippen LogP) is 4.43. The van der Waals surface area contributed by atoms with Crippen LogP contribution in [0.2, 0.25) is 0 Å². The number of anilines is 2. The average molecular weight is 493 g/mol. The summed E-state index contributed by atoms with van der Waals surface area (Å²) in [6, 6.07) is 18.2. The van der Waals surface area contributed by atoms with Crippen molar-refractivity contribution in [1.82, 2.24) is 0 Å². The molecular formula is C21H18BrFN2O4S. The van der Waals surface area contributed by atoms with Crippen LogP contribution in [0, 0.1) is 5.82 Å². The number of rotatable bonds is 7. The first-order valence-corrected chi connectivity index (χ1v) is 11.0. The molecule has 0 radical (unpaired) electrons. The van der Waals surface area contributed by atoms with Crippen LogP contribution in [0.25, 0.3) is 0 Å². The number of sulfonamides is 1. The standard InChI is InChI=1S/C21H18BrFN2O4S/c1-29-17-8-10-18(11-9-17)30(27,28)25(16-5-3-2-4-6-16)14-21(26)24-20-12-7-15(22)13-19(20)23/h2-13H,14H2,1H3,(H,24,26). The highest BCUT2D eigenvalue weighted by Crippen LogP contribution is 2.25. The molecule has 0 saturated carbocycles. The summed E-state index contributed by atoms with van der Waals surface area (Å²) in [6.45, 7) is -0.534. The number of nitrogens with one attached hydrogen (secondary N) is 1. The Hall–Kier alpha value is -2.91. The lowest BCUT2D eigenvalue weighted by Gasteiger charge is -2.24. The molecule has 9 heteroatoms. The highest BCUT2D eigenvalue weighted by Gasteiger charge is 2.27. The maximum Gasteiger partial charge on any atom is 0.264 e. The molecule has 6 nitrogen and oxygen atoms in total. The number of carbonyl (C=O) groups is 1. The fourth-order valence-electron chi connectivity index (χ4n) is 2.70. The van der Waals surface area contributed by atoms with Crippen molar-refractivity contribution in [2.24, 2.45) is 0 Å². The van der Waals surface area contributed by atoms with Gasteiger partial charge < -0.3 is 10.1 Å². The van der Waals surface area contributed by atoms with Crippen LogP contribution >= 0.6 is 15.9 Å². The Bertz CT molecular complexity index is 1140. The Morgan fingerprint density at radius 2 is 1.73 bits per heavy atom. The summed E-state index contributed by atoms with van der Waals surface area (Å²) in [5, 5.41) is 2.42. The zero-order chi connectivity index (χ0) is 21.7. The number of para-hydroxylation sites is 1. The third kappa shape index (κ3) is 4.98. The predicted molar refractivity (Wildman–Crippen MR) is 117 cm³/mol. The minimum atomic E-state index is -4.07. The van der Waals surface area contributed by atoms with E-state index in [2.05, 4.69) is 21.2 Å². The van der Waals surface area contributed by atoms with Crippen LogP contribution in [-0.2, 0) is 14.8 Å². The van der Waals surface area contributed by atoms with Gasteiger partial charge in [-0.2, -0.15) is 0 Å². The van der Waals surface area contributed by atoms with Gasteiger partial charge in [0.1, 0.15) is 18.1 Å². The molecule has 0 aliphatic carbocycles. The molecular weight excluding hydrogens is 475 g/mol. The molecule has 0 bridgehead atoms. The third-order valence-electron chi connectivity index (χ3n) is 4.18. The Morgan fingerprint density at radius 3 is 2.33 bits per heavy atom. The number of methoxy groups -OCH3 is 1. The van der Waals surface area contributed by atoms with Gasteiger partial charge in [0.2, 0.25) is 5.91 Å². The molecule has 0 aromatic heterocycles. The van der Waals surface area contributed by atoms with Crippen molar-refractivity contribution in [3.63, 3.8) is 0 Å². The fourth-order valence-corrected chi connectivity index (χ4v) is 4.45. The first-order valence-electron chi connectivity index (χ1n) is 8.78. The van der Waals surface area contributed by atoms with Crippen LogP contribution in [-0.4, -0.2) is 28.0 Å². The van der Waals surface area contributed by atoms with Crippen molar-refractivity contribution in [3.05, 3.63) is 83.1 Å². The first kappa shape index (κ1) is 21.8. The summed E-state index contributed by atoms with van der Waals surface area (Å²) in [5.74, 6) is -0.817. The van der Waals surface area contributed by atoms with E-state index in [4.69, 9.17) is 4.74 Å². The summed E-state index contributed by atoms with van der Waals surface area (Å²) in [7, 11) is -2.59. The molecule has 0 saturated heterocycles. The molecule has 0 heterocycles. The van der Waals surface area contributed by atoms with Gasteiger partial charge in [0.05, 0.1) is 23.4 Å². The maximum absolute atomic E-state index is 14.1. The number of hydrogen-bond donors (Lipinski definition) is 1. The highest BCUT2D eigenvalue weighted by molar-refractivity contribution is 9.10. The van der Waals surface area contributed by atoms with Crippen molar-refractivity contribution in [3.8, 4) is 5.75 Å². The number of ether oxygens (including phenoxy) is 1. The molecule has 0 unspecified atom stereocenters. The van der Waals surface area contributed by atoms with Crippen LogP contribution < -0.4 is 14.4 Å². The monoisotopic (exact) mass is 492 g/mol. The van der Waals surface area contributed by atoms with Crippen LogP contribution in [0.1, 0.15) is 0 Å². The van der Waals surface area contributed by atoms with E-state index in [9.17, 15) is 17.6 Å².